The molecule has 2 N–H and O–H groups in total. The van der Waals surface area contributed by atoms with Gasteiger partial charge in [0.05, 0.1) is 48.5 Å². The van der Waals surface area contributed by atoms with Gasteiger partial charge >= 0.3 is 5.97 Å². The molecule has 0 bridgehead atoms. The molecule has 3 atom stereocenters. The van der Waals surface area contributed by atoms with Crippen molar-refractivity contribution in [3.63, 3.8) is 0 Å². The van der Waals surface area contributed by atoms with Gasteiger partial charge in [0.15, 0.2) is 5.82 Å². The predicted octanol–water partition coefficient (Wildman–Crippen LogP) is 6.76. The van der Waals surface area contributed by atoms with Crippen LogP contribution in [0.15, 0.2) is 59.0 Å². The second-order valence-electron chi connectivity index (χ2n) is 17.2. The molecule has 0 spiro atoms. The summed E-state index contributed by atoms with van der Waals surface area (Å²) in [6.45, 7) is 14.9. The largest absolute Gasteiger partial charge is 0.494 e. The van der Waals surface area contributed by atoms with Crippen LogP contribution in [0.3, 0.4) is 0 Å². The summed E-state index contributed by atoms with van der Waals surface area (Å²) in [6.07, 6.45) is 1.80. The Hall–Kier alpha value is -5.78. The first kappa shape index (κ1) is 46.2. The molecule has 7 rings (SSSR count). The number of thiophene rings is 1. The molecule has 3 aromatic heterocycles. The predicted molar refractivity (Wildman–Crippen MR) is 246 cm³/mol. The molecule has 2 aliphatic rings. The summed E-state index contributed by atoms with van der Waals surface area (Å²) in [7, 11) is 1.36. The number of fused-ring (bicyclic) bond motifs is 3. The molecule has 338 valence electrons. The number of benzene rings is 2. The number of carbonyl (C=O) groups is 4. The first-order valence-corrected chi connectivity index (χ1v) is 23.2. The summed E-state index contributed by atoms with van der Waals surface area (Å²) in [4.78, 5) is 66.3. The zero-order valence-electron chi connectivity index (χ0n) is 37.6. The molecule has 1 unspecified atom stereocenters. The number of ether oxygens (including phenoxy) is 3. The minimum absolute atomic E-state index is 0.0250. The number of aliphatic imine (C=N–C) groups is 1. The number of esters is 1. The van der Waals surface area contributed by atoms with Crippen molar-refractivity contribution in [3.05, 3.63) is 98.5 Å². The normalized spacial score (nSPS) is 16.3. The summed E-state index contributed by atoms with van der Waals surface area (Å²) in [5.41, 5.74) is 7.94. The Morgan fingerprint density at radius 1 is 0.953 bits per heavy atom. The molecule has 64 heavy (non-hydrogen) atoms. The van der Waals surface area contributed by atoms with Crippen molar-refractivity contribution in [2.24, 2.45) is 10.4 Å². The van der Waals surface area contributed by atoms with Gasteiger partial charge in [-0.25, -0.2) is 4.98 Å². The van der Waals surface area contributed by atoms with E-state index in [2.05, 4.69) is 39.7 Å². The third-order valence-electron chi connectivity index (χ3n) is 11.6. The van der Waals surface area contributed by atoms with Crippen LogP contribution in [0.1, 0.15) is 97.0 Å². The number of rotatable bonds is 16. The summed E-state index contributed by atoms with van der Waals surface area (Å²) < 4.78 is 18.7. The molecule has 15 nitrogen and oxygen atoms in total. The lowest BCUT2D eigenvalue weighted by atomic mass is 9.85. The van der Waals surface area contributed by atoms with Crippen molar-refractivity contribution in [2.45, 2.75) is 98.8 Å². The average molecular weight is 909 g/mol. The van der Waals surface area contributed by atoms with Gasteiger partial charge in [0.2, 0.25) is 17.7 Å². The molecule has 17 heteroatoms. The van der Waals surface area contributed by atoms with Crippen LogP contribution in [0.2, 0.25) is 0 Å². The highest BCUT2D eigenvalue weighted by Gasteiger charge is 2.42. The number of nitrogens with zero attached hydrogens (tertiary/aromatic N) is 6. The lowest BCUT2D eigenvalue weighted by Gasteiger charge is -2.35. The standard InChI is InChI=1S/C47H56N8O7S2/c1-27-29(3)64-46-39(27)40(50-35(23-38(57)60-8)43-53-52-30(4)55(43)46)32-16-18-34(19-17-32)62-22-10-21-61-25-37(56)51-42(47(5,6)7)45(59)54-20-9-11-36(54)44(58)48-24-31-12-14-33(15-13-31)41-28(2)49-26-63-41/h12-19,26,35-36,42H,9-11,20-25H2,1-8H3,(H,48,58)(H,51,56)/t35-,36-,42?/m0/s1. The van der Waals surface area contributed by atoms with Gasteiger partial charge in [0.25, 0.3) is 0 Å². The van der Waals surface area contributed by atoms with Crippen molar-refractivity contribution in [1.29, 1.82) is 0 Å². The summed E-state index contributed by atoms with van der Waals surface area (Å²) in [5, 5.41) is 15.6. The molecule has 2 aromatic carbocycles. The van der Waals surface area contributed by atoms with Crippen LogP contribution in [-0.2, 0) is 35.2 Å². The van der Waals surface area contributed by atoms with Crippen LogP contribution in [0, 0.1) is 33.1 Å². The molecule has 0 aliphatic carbocycles. The monoisotopic (exact) mass is 908 g/mol. The van der Waals surface area contributed by atoms with Crippen molar-refractivity contribution >= 4 is 52.1 Å². The molecule has 1 fully saturated rings. The van der Waals surface area contributed by atoms with Gasteiger partial charge in [-0.1, -0.05) is 45.0 Å². The number of aromatic nitrogens is 4. The minimum atomic E-state index is -0.850. The van der Waals surface area contributed by atoms with Crippen LogP contribution in [0.5, 0.6) is 5.75 Å². The van der Waals surface area contributed by atoms with Gasteiger partial charge in [0, 0.05) is 35.5 Å². The first-order valence-electron chi connectivity index (χ1n) is 21.5. The number of likely N-dealkylation sites (tertiary alicyclic amines) is 1. The van der Waals surface area contributed by atoms with E-state index in [-0.39, 0.29) is 37.4 Å². The topological polar surface area (TPSA) is 179 Å². The van der Waals surface area contributed by atoms with E-state index in [0.717, 1.165) is 54.0 Å². The summed E-state index contributed by atoms with van der Waals surface area (Å²) in [6, 6.07) is 13.7. The maximum atomic E-state index is 14.0. The second kappa shape index (κ2) is 19.9. The zero-order chi connectivity index (χ0) is 45.7. The fourth-order valence-electron chi connectivity index (χ4n) is 7.97. The molecule has 5 heterocycles. The van der Waals surface area contributed by atoms with E-state index in [1.54, 1.807) is 27.6 Å². The zero-order valence-corrected chi connectivity index (χ0v) is 39.3. The SMILES string of the molecule is COC(=O)C[C@@H]1N=C(c2ccc(OCCCOCC(=O)NC(C(=O)N3CCC[C@H]3C(=O)NCc3ccc(-c4scnc4C)cc3)C(C)(C)C)cc2)c2c(sc(C)c2C)-n2c(C)nnc21. The number of nitrogens with one attached hydrogen (secondary N) is 2. The number of hydrogen-bond donors (Lipinski definition) is 2. The first-order chi connectivity index (χ1) is 30.6. The molecule has 5 aromatic rings. The van der Waals surface area contributed by atoms with Crippen LogP contribution in [0.4, 0.5) is 0 Å². The highest BCUT2D eigenvalue weighted by atomic mass is 32.1. The Labute approximate surface area is 381 Å². The molecule has 1 saturated heterocycles. The number of hydrogen-bond acceptors (Lipinski definition) is 13. The van der Waals surface area contributed by atoms with Crippen molar-refractivity contribution in [3.8, 4) is 21.2 Å². The molecule has 0 saturated carbocycles. The second-order valence-corrected chi connectivity index (χ2v) is 19.3. The Morgan fingerprint density at radius 2 is 1.69 bits per heavy atom. The third kappa shape index (κ3) is 10.3. The van der Waals surface area contributed by atoms with E-state index in [1.807, 2.05) is 93.2 Å². The van der Waals surface area contributed by atoms with Gasteiger partial charge in [-0.15, -0.1) is 32.9 Å². The smallest absolute Gasteiger partial charge is 0.308 e. The van der Waals surface area contributed by atoms with E-state index in [0.29, 0.717) is 56.4 Å². The van der Waals surface area contributed by atoms with Crippen LogP contribution >= 0.6 is 22.7 Å². The number of thiazole rings is 1. The molecule has 2 aliphatic heterocycles. The lowest BCUT2D eigenvalue weighted by Crippen LogP contribution is -2.58. The summed E-state index contributed by atoms with van der Waals surface area (Å²) in [5.74, 6) is 0.676. The summed E-state index contributed by atoms with van der Waals surface area (Å²) >= 11 is 3.24. The van der Waals surface area contributed by atoms with Crippen LogP contribution in [0.25, 0.3) is 15.4 Å². The number of methoxy groups -OCH3 is 1. The Balaban J connectivity index is 0.886. The fourth-order valence-corrected chi connectivity index (χ4v) is 10.00. The minimum Gasteiger partial charge on any atom is -0.494 e. The Kier molecular flexibility index (Phi) is 14.4. The van der Waals surface area contributed by atoms with E-state index in [9.17, 15) is 19.2 Å². The maximum Gasteiger partial charge on any atom is 0.308 e. The number of amides is 3. The Bertz CT molecular complexity index is 2520. The molecular weight excluding hydrogens is 853 g/mol. The quantitative estimate of drug-likeness (QED) is 0.0794. The fraction of sp³-hybridized carbons (Fsp3) is 0.447. The highest BCUT2D eigenvalue weighted by Crippen LogP contribution is 2.40. The number of carbonyl (C=O) groups excluding carboxylic acids is 4. The Morgan fingerprint density at radius 3 is 2.38 bits per heavy atom. The third-order valence-corrected chi connectivity index (χ3v) is 13.7. The van der Waals surface area contributed by atoms with Gasteiger partial charge < -0.3 is 29.7 Å². The van der Waals surface area contributed by atoms with Gasteiger partial charge in [0.1, 0.15) is 41.3 Å². The molecule has 3 amide bonds. The maximum absolute atomic E-state index is 14.0. The van der Waals surface area contributed by atoms with Gasteiger partial charge in [-0.05, 0) is 86.9 Å². The lowest BCUT2D eigenvalue weighted by molar-refractivity contribution is -0.144. The van der Waals surface area contributed by atoms with E-state index in [4.69, 9.17) is 19.2 Å². The van der Waals surface area contributed by atoms with Gasteiger partial charge in [-0.2, -0.15) is 0 Å². The van der Waals surface area contributed by atoms with Gasteiger partial charge in [-0.3, -0.25) is 28.7 Å². The van der Waals surface area contributed by atoms with E-state index < -0.39 is 29.4 Å². The van der Waals surface area contributed by atoms with Crippen molar-refractivity contribution in [1.82, 2.24) is 35.3 Å². The number of aryl methyl sites for hydroxylation is 3. The van der Waals surface area contributed by atoms with Crippen LogP contribution < -0.4 is 15.4 Å². The van der Waals surface area contributed by atoms with Crippen LogP contribution in [-0.4, -0.2) is 99.6 Å². The van der Waals surface area contributed by atoms with Crippen molar-refractivity contribution in [2.75, 3.05) is 33.5 Å². The average Bonchev–Trinajstić information content (AvgIpc) is 4.07. The highest BCUT2D eigenvalue weighted by molar-refractivity contribution is 7.15. The van der Waals surface area contributed by atoms with Crippen molar-refractivity contribution < 1.29 is 33.4 Å². The molecule has 0 radical (unpaired) electrons. The van der Waals surface area contributed by atoms with E-state index >= 15 is 0 Å². The van der Waals surface area contributed by atoms with E-state index in [1.165, 1.54) is 7.11 Å². The molecular formula is C47H56N8O7S2.